The monoisotopic (exact) mass is 669 g/mol. The predicted molar refractivity (Wildman–Crippen MR) is 151 cm³/mol. The van der Waals surface area contributed by atoms with Gasteiger partial charge in [-0.15, -0.1) is 0 Å². The van der Waals surface area contributed by atoms with Crippen LogP contribution in [0.2, 0.25) is 25.7 Å². The SMILES string of the molecule is C[C@@H](CONC(=O)C(F)=C1CCN(c2ncc(C(F)(F)F)cn2)CC1)Nc1cnn(COCC[Si](C)(C)C)c(=O)c1C(F)(F)F. The molecule has 45 heavy (non-hydrogen) atoms. The van der Waals surface area contributed by atoms with Crippen LogP contribution in [0, 0.1) is 0 Å². The number of hydrogen-bond donors (Lipinski definition) is 2. The number of halogens is 7. The summed E-state index contributed by atoms with van der Waals surface area (Å²) in [6, 6.07) is -0.137. The van der Waals surface area contributed by atoms with Gasteiger partial charge in [-0.3, -0.25) is 14.4 Å². The third kappa shape index (κ3) is 10.5. The molecule has 11 nitrogen and oxygen atoms in total. The topological polar surface area (TPSA) is 124 Å². The molecular weight excluding hydrogens is 635 g/mol. The van der Waals surface area contributed by atoms with Crippen LogP contribution in [0.4, 0.5) is 42.4 Å². The molecule has 0 bridgehead atoms. The van der Waals surface area contributed by atoms with Crippen LogP contribution in [0.15, 0.2) is 34.8 Å². The van der Waals surface area contributed by atoms with E-state index in [2.05, 4.69) is 40.0 Å². The van der Waals surface area contributed by atoms with Crippen molar-refractivity contribution in [3.05, 3.63) is 51.5 Å². The molecule has 1 saturated heterocycles. The maximum atomic E-state index is 14.7. The summed E-state index contributed by atoms with van der Waals surface area (Å²) in [4.78, 5) is 38.7. The third-order valence-electron chi connectivity index (χ3n) is 6.56. The van der Waals surface area contributed by atoms with Crippen LogP contribution in [0.5, 0.6) is 0 Å². The lowest BCUT2D eigenvalue weighted by Gasteiger charge is -2.28. The molecule has 0 aromatic carbocycles. The first-order chi connectivity index (χ1) is 20.9. The number of amides is 1. The van der Waals surface area contributed by atoms with Gasteiger partial charge in [0.15, 0.2) is 5.83 Å². The first-order valence-electron chi connectivity index (χ1n) is 13.8. The number of nitrogens with one attached hydrogen (secondary N) is 2. The number of anilines is 2. The fourth-order valence-electron chi connectivity index (χ4n) is 4.07. The zero-order chi connectivity index (χ0) is 33.6. The van der Waals surface area contributed by atoms with Gasteiger partial charge >= 0.3 is 18.3 Å². The van der Waals surface area contributed by atoms with Crippen molar-refractivity contribution in [2.24, 2.45) is 0 Å². The fraction of sp³-hybridized carbons (Fsp3) is 0.577. The standard InChI is InChI=1S/C26H34F7N7O4Si/c1-16(37-19-13-36-40(15-43-9-10-45(2,3)4)23(42)20(19)26(31,32)33)14-44-38-22(41)21(27)17-5-7-39(8-6-17)24-34-11-18(12-35-24)25(28,29)30/h11-13,16,37H,5-10,14-15H2,1-4H3,(H,38,41)/t16-/m0/s1. The van der Waals surface area contributed by atoms with Crippen LogP contribution in [-0.2, 0) is 33.5 Å². The second-order valence-electron chi connectivity index (χ2n) is 11.5. The zero-order valence-electron chi connectivity index (χ0n) is 25.0. The number of carbonyl (C=O) groups is 1. The highest BCUT2D eigenvalue weighted by atomic mass is 28.3. The van der Waals surface area contributed by atoms with Crippen molar-refractivity contribution >= 4 is 25.6 Å². The van der Waals surface area contributed by atoms with E-state index in [0.717, 1.165) is 12.2 Å². The fourth-order valence-corrected chi connectivity index (χ4v) is 4.82. The first-order valence-corrected chi connectivity index (χ1v) is 17.5. The second-order valence-corrected chi connectivity index (χ2v) is 17.2. The second kappa shape index (κ2) is 14.7. The molecule has 2 N–H and O–H groups in total. The molecule has 1 atom stereocenters. The lowest BCUT2D eigenvalue weighted by molar-refractivity contribution is -0.139. The van der Waals surface area contributed by atoms with Gasteiger partial charge in [-0.2, -0.15) is 31.4 Å². The van der Waals surface area contributed by atoms with Gasteiger partial charge in [0.25, 0.3) is 5.56 Å². The van der Waals surface area contributed by atoms with Gasteiger partial charge in [0, 0.05) is 46.2 Å². The third-order valence-corrected chi connectivity index (χ3v) is 8.27. The van der Waals surface area contributed by atoms with Crippen molar-refractivity contribution in [2.75, 3.05) is 36.5 Å². The average molecular weight is 670 g/mol. The molecule has 1 aliphatic heterocycles. The Balaban J connectivity index is 1.52. The summed E-state index contributed by atoms with van der Waals surface area (Å²) < 4.78 is 100. The van der Waals surface area contributed by atoms with Crippen LogP contribution in [0.25, 0.3) is 0 Å². The Bertz CT molecular complexity index is 1400. The molecule has 2 aromatic rings. The van der Waals surface area contributed by atoms with Crippen LogP contribution in [0.3, 0.4) is 0 Å². The minimum atomic E-state index is -5.01. The van der Waals surface area contributed by atoms with Gasteiger partial charge in [-0.05, 0) is 31.4 Å². The van der Waals surface area contributed by atoms with Gasteiger partial charge in [-0.25, -0.2) is 24.5 Å². The van der Waals surface area contributed by atoms with E-state index < -0.39 is 73.9 Å². The van der Waals surface area contributed by atoms with E-state index in [9.17, 15) is 40.3 Å². The number of carbonyl (C=O) groups excluding carboxylic acids is 1. The van der Waals surface area contributed by atoms with Gasteiger partial charge in [-0.1, -0.05) is 19.6 Å². The van der Waals surface area contributed by atoms with E-state index in [1.165, 1.54) is 6.92 Å². The van der Waals surface area contributed by atoms with Gasteiger partial charge in [0.2, 0.25) is 5.95 Å². The Kier molecular flexibility index (Phi) is 11.7. The van der Waals surface area contributed by atoms with Crippen molar-refractivity contribution in [3.63, 3.8) is 0 Å². The molecule has 19 heteroatoms. The maximum Gasteiger partial charge on any atom is 0.423 e. The van der Waals surface area contributed by atoms with Crippen molar-refractivity contribution in [3.8, 4) is 0 Å². The Hall–Kier alpha value is -3.58. The number of nitrogens with zero attached hydrogens (tertiary/aromatic N) is 5. The summed E-state index contributed by atoms with van der Waals surface area (Å²) in [5.74, 6) is -2.31. The molecule has 3 heterocycles. The zero-order valence-corrected chi connectivity index (χ0v) is 26.0. The summed E-state index contributed by atoms with van der Waals surface area (Å²) >= 11 is 0. The molecule has 1 amide bonds. The smallest absolute Gasteiger partial charge is 0.378 e. The molecule has 0 unspecified atom stereocenters. The van der Waals surface area contributed by atoms with Crippen LogP contribution in [-0.4, -0.2) is 66.1 Å². The molecular formula is C26H34F7N7O4Si. The maximum absolute atomic E-state index is 14.7. The number of hydrogen-bond acceptors (Lipinski definition) is 9. The highest BCUT2D eigenvalue weighted by Crippen LogP contribution is 2.32. The summed E-state index contributed by atoms with van der Waals surface area (Å²) in [5.41, 5.74) is -2.46. The van der Waals surface area contributed by atoms with E-state index in [1.54, 1.807) is 4.90 Å². The lowest BCUT2D eigenvalue weighted by Crippen LogP contribution is -2.36. The summed E-state index contributed by atoms with van der Waals surface area (Å²) in [6.45, 7) is 7.42. The molecule has 0 saturated carbocycles. The summed E-state index contributed by atoms with van der Waals surface area (Å²) in [5, 5.41) is 6.24. The van der Waals surface area contributed by atoms with Crippen LogP contribution < -0.4 is 21.3 Å². The molecule has 0 radical (unpaired) electrons. The van der Waals surface area contributed by atoms with Crippen molar-refractivity contribution < 1.29 is 45.1 Å². The molecule has 1 aliphatic rings. The number of piperidine rings is 1. The van der Waals surface area contributed by atoms with E-state index >= 15 is 0 Å². The van der Waals surface area contributed by atoms with E-state index in [0.29, 0.717) is 17.1 Å². The van der Waals surface area contributed by atoms with Gasteiger partial charge < -0.3 is 15.0 Å². The van der Waals surface area contributed by atoms with Crippen LogP contribution in [0.1, 0.15) is 30.9 Å². The number of alkyl halides is 6. The highest BCUT2D eigenvalue weighted by molar-refractivity contribution is 6.76. The quantitative estimate of drug-likeness (QED) is 0.108. The number of aromatic nitrogens is 4. The van der Waals surface area contributed by atoms with Gasteiger partial charge in [0.1, 0.15) is 12.3 Å². The first kappa shape index (κ1) is 35.9. The number of rotatable bonds is 12. The molecule has 250 valence electrons. The van der Waals surface area contributed by atoms with E-state index in [4.69, 9.17) is 9.57 Å². The van der Waals surface area contributed by atoms with E-state index in [1.807, 2.05) is 5.48 Å². The van der Waals surface area contributed by atoms with Crippen LogP contribution >= 0.6 is 0 Å². The molecule has 0 spiro atoms. The largest absolute Gasteiger partial charge is 0.423 e. The van der Waals surface area contributed by atoms with Gasteiger partial charge in [0.05, 0.1) is 24.1 Å². The number of hydroxylamine groups is 1. The Labute approximate surface area is 254 Å². The normalized spacial score (nSPS) is 15.2. The van der Waals surface area contributed by atoms with Crippen molar-refractivity contribution in [2.45, 2.75) is 70.6 Å². The molecule has 3 rings (SSSR count). The molecule has 2 aromatic heterocycles. The molecule has 1 fully saturated rings. The minimum Gasteiger partial charge on any atom is -0.378 e. The minimum absolute atomic E-state index is 0.0312. The Morgan fingerprint density at radius 3 is 2.22 bits per heavy atom. The Morgan fingerprint density at radius 1 is 1.04 bits per heavy atom. The summed E-state index contributed by atoms with van der Waals surface area (Å²) in [7, 11) is -1.45. The average Bonchev–Trinajstić information content (AvgIpc) is 2.94. The van der Waals surface area contributed by atoms with E-state index in [-0.39, 0.29) is 44.1 Å². The van der Waals surface area contributed by atoms with Crippen molar-refractivity contribution in [1.82, 2.24) is 25.2 Å². The lowest BCUT2D eigenvalue weighted by atomic mass is 10.0. The molecule has 0 aliphatic carbocycles. The predicted octanol–water partition coefficient (Wildman–Crippen LogP) is 4.76. The summed E-state index contributed by atoms with van der Waals surface area (Å²) in [6.07, 6.45) is -7.34. The highest BCUT2D eigenvalue weighted by Gasteiger charge is 2.38. The number of ether oxygens (including phenoxy) is 1. The van der Waals surface area contributed by atoms with Crippen molar-refractivity contribution in [1.29, 1.82) is 0 Å². The Morgan fingerprint density at radius 2 is 1.67 bits per heavy atom.